The fraction of sp³-hybridized carbons (Fsp3) is 0.333. The topological polar surface area (TPSA) is 56.1 Å². The van der Waals surface area contributed by atoms with Crippen molar-refractivity contribution in [1.82, 2.24) is 9.80 Å². The van der Waals surface area contributed by atoms with E-state index in [-0.39, 0.29) is 17.2 Å². The third-order valence-electron chi connectivity index (χ3n) is 3.66. The van der Waals surface area contributed by atoms with Crippen LogP contribution in [0.1, 0.15) is 5.56 Å². The summed E-state index contributed by atoms with van der Waals surface area (Å²) in [5, 5.41) is 10.4. The van der Waals surface area contributed by atoms with Crippen LogP contribution in [0.5, 0.6) is 5.75 Å². The van der Waals surface area contributed by atoms with Gasteiger partial charge in [0, 0.05) is 31.7 Å². The van der Waals surface area contributed by atoms with Gasteiger partial charge in [0.1, 0.15) is 11.6 Å². The number of rotatable bonds is 1. The number of hydrogen-bond donors (Lipinski definition) is 1. The van der Waals surface area contributed by atoms with Crippen molar-refractivity contribution >= 4 is 28.9 Å². The first-order valence-electron chi connectivity index (χ1n) is 6.97. The molecular formula is C15H16FN3O2S. The standard InChI is InChI=1S/C15H16FN3O2S/c1-18-4-6-19(7-5-18)15-17-14(21)13(22-15)9-10-8-11(16)2-3-12(10)20/h2-3,8-9,20H,4-7H2,1H3. The molecule has 1 saturated heterocycles. The second-order valence-corrected chi connectivity index (χ2v) is 6.31. The number of amidine groups is 1. The molecule has 22 heavy (non-hydrogen) atoms. The van der Waals surface area contributed by atoms with Crippen LogP contribution in [-0.4, -0.2) is 59.2 Å². The van der Waals surface area contributed by atoms with E-state index in [1.54, 1.807) is 0 Å². The van der Waals surface area contributed by atoms with E-state index < -0.39 is 5.82 Å². The van der Waals surface area contributed by atoms with Gasteiger partial charge in [-0.25, -0.2) is 4.39 Å². The molecule has 2 heterocycles. The molecule has 0 aromatic heterocycles. The van der Waals surface area contributed by atoms with E-state index in [4.69, 9.17) is 0 Å². The summed E-state index contributed by atoms with van der Waals surface area (Å²) in [4.78, 5) is 20.8. The van der Waals surface area contributed by atoms with Gasteiger partial charge in [0.2, 0.25) is 0 Å². The van der Waals surface area contributed by atoms with Crippen molar-refractivity contribution < 1.29 is 14.3 Å². The van der Waals surface area contributed by atoms with Gasteiger partial charge in [0.15, 0.2) is 5.17 Å². The van der Waals surface area contributed by atoms with Crippen molar-refractivity contribution in [3.8, 4) is 5.75 Å². The zero-order chi connectivity index (χ0) is 15.7. The zero-order valence-electron chi connectivity index (χ0n) is 12.1. The van der Waals surface area contributed by atoms with Crippen molar-refractivity contribution in [3.05, 3.63) is 34.5 Å². The zero-order valence-corrected chi connectivity index (χ0v) is 12.9. The van der Waals surface area contributed by atoms with Crippen LogP contribution < -0.4 is 0 Å². The van der Waals surface area contributed by atoms with E-state index in [1.165, 1.54) is 36.0 Å². The van der Waals surface area contributed by atoms with Crippen LogP contribution in [0.15, 0.2) is 28.1 Å². The maximum Gasteiger partial charge on any atom is 0.286 e. The van der Waals surface area contributed by atoms with Gasteiger partial charge >= 0.3 is 0 Å². The first-order chi connectivity index (χ1) is 10.5. The van der Waals surface area contributed by atoms with Gasteiger partial charge in [-0.3, -0.25) is 4.79 Å². The molecule has 1 fully saturated rings. The summed E-state index contributed by atoms with van der Waals surface area (Å²) in [6.07, 6.45) is 1.48. The molecule has 0 radical (unpaired) electrons. The Morgan fingerprint density at radius 2 is 2.05 bits per heavy atom. The summed E-state index contributed by atoms with van der Waals surface area (Å²) < 4.78 is 13.2. The molecule has 116 valence electrons. The molecule has 1 amide bonds. The molecule has 0 atom stereocenters. The number of carbonyl (C=O) groups excluding carboxylic acids is 1. The molecule has 0 saturated carbocycles. The number of aromatic hydroxyl groups is 1. The Morgan fingerprint density at radius 3 is 2.77 bits per heavy atom. The van der Waals surface area contributed by atoms with E-state index in [0.717, 1.165) is 26.2 Å². The molecule has 0 bridgehead atoms. The molecule has 0 aliphatic carbocycles. The van der Waals surface area contributed by atoms with Crippen LogP contribution in [0.2, 0.25) is 0 Å². The van der Waals surface area contributed by atoms with Crippen molar-refractivity contribution in [3.63, 3.8) is 0 Å². The molecule has 2 aliphatic heterocycles. The minimum Gasteiger partial charge on any atom is -0.507 e. The number of phenolic OH excluding ortho intramolecular Hbond substituents is 1. The third kappa shape index (κ3) is 3.15. The molecule has 0 spiro atoms. The Balaban J connectivity index is 1.77. The van der Waals surface area contributed by atoms with Crippen molar-refractivity contribution in [1.29, 1.82) is 0 Å². The highest BCUT2D eigenvalue weighted by molar-refractivity contribution is 8.18. The average molecular weight is 321 g/mol. The first-order valence-corrected chi connectivity index (χ1v) is 7.79. The molecule has 0 unspecified atom stereocenters. The highest BCUT2D eigenvalue weighted by Gasteiger charge is 2.28. The number of amides is 1. The van der Waals surface area contributed by atoms with E-state index >= 15 is 0 Å². The Labute approximate surface area is 132 Å². The van der Waals surface area contributed by atoms with Crippen LogP contribution in [0.3, 0.4) is 0 Å². The van der Waals surface area contributed by atoms with Gasteiger partial charge in [0.05, 0.1) is 4.91 Å². The van der Waals surface area contributed by atoms with Crippen molar-refractivity contribution in [2.45, 2.75) is 0 Å². The average Bonchev–Trinajstić information content (AvgIpc) is 2.85. The molecule has 2 aliphatic rings. The Hall–Kier alpha value is -1.86. The number of likely N-dealkylation sites (N-methyl/N-ethyl adjacent to an activating group) is 1. The summed E-state index contributed by atoms with van der Waals surface area (Å²) >= 11 is 1.27. The molecule has 1 aromatic carbocycles. The second kappa shape index (κ2) is 6.10. The molecule has 1 aromatic rings. The van der Waals surface area contributed by atoms with Gasteiger partial charge in [-0.2, -0.15) is 4.99 Å². The molecule has 5 nitrogen and oxygen atoms in total. The summed E-state index contributed by atoms with van der Waals surface area (Å²) in [5.41, 5.74) is 0.283. The lowest BCUT2D eigenvalue weighted by Crippen LogP contribution is -2.46. The minimum atomic E-state index is -0.458. The fourth-order valence-electron chi connectivity index (χ4n) is 2.31. The minimum absolute atomic E-state index is 0.0599. The predicted octanol–water partition coefficient (Wildman–Crippen LogP) is 1.75. The smallest absolute Gasteiger partial charge is 0.286 e. The summed E-state index contributed by atoms with van der Waals surface area (Å²) in [5.74, 6) is -0.863. The number of thioether (sulfide) groups is 1. The number of halogens is 1. The highest BCUT2D eigenvalue weighted by atomic mass is 32.2. The summed E-state index contributed by atoms with van der Waals surface area (Å²) in [7, 11) is 2.06. The molecule has 3 rings (SSSR count). The second-order valence-electron chi connectivity index (χ2n) is 5.30. The van der Waals surface area contributed by atoms with Crippen LogP contribution >= 0.6 is 11.8 Å². The number of nitrogens with zero attached hydrogens (tertiary/aromatic N) is 3. The van der Waals surface area contributed by atoms with Crippen molar-refractivity contribution in [2.75, 3.05) is 33.2 Å². The fourth-order valence-corrected chi connectivity index (χ4v) is 3.27. The Kier molecular flexibility index (Phi) is 4.17. The molecular weight excluding hydrogens is 305 g/mol. The predicted molar refractivity (Wildman–Crippen MR) is 85.1 cm³/mol. The Morgan fingerprint density at radius 1 is 1.32 bits per heavy atom. The summed E-state index contributed by atoms with van der Waals surface area (Å²) in [6.45, 7) is 3.51. The third-order valence-corrected chi connectivity index (χ3v) is 4.70. The number of phenols is 1. The molecule has 7 heteroatoms. The van der Waals surface area contributed by atoms with Gasteiger partial charge < -0.3 is 14.9 Å². The first kappa shape index (κ1) is 15.1. The van der Waals surface area contributed by atoms with Gasteiger partial charge in [-0.05, 0) is 43.1 Å². The number of aliphatic imine (C=N–C) groups is 1. The van der Waals surface area contributed by atoms with E-state index in [1.807, 2.05) is 0 Å². The van der Waals surface area contributed by atoms with E-state index in [9.17, 15) is 14.3 Å². The van der Waals surface area contributed by atoms with Crippen LogP contribution in [0, 0.1) is 5.82 Å². The van der Waals surface area contributed by atoms with E-state index in [2.05, 4.69) is 21.8 Å². The number of hydrogen-bond acceptors (Lipinski definition) is 5. The van der Waals surface area contributed by atoms with Crippen LogP contribution in [-0.2, 0) is 4.79 Å². The normalized spacial score (nSPS) is 21.5. The molecule has 1 N–H and O–H groups in total. The van der Waals surface area contributed by atoms with Gasteiger partial charge in [-0.1, -0.05) is 0 Å². The number of carbonyl (C=O) groups is 1. The SMILES string of the molecule is CN1CCN(C2=NC(=O)C(=Cc3cc(F)ccc3O)S2)CC1. The van der Waals surface area contributed by atoms with Gasteiger partial charge in [-0.15, -0.1) is 0 Å². The van der Waals surface area contributed by atoms with Crippen molar-refractivity contribution in [2.24, 2.45) is 4.99 Å². The van der Waals surface area contributed by atoms with E-state index in [0.29, 0.717) is 10.1 Å². The maximum atomic E-state index is 13.2. The van der Waals surface area contributed by atoms with Gasteiger partial charge in [0.25, 0.3) is 5.91 Å². The highest BCUT2D eigenvalue weighted by Crippen LogP contribution is 2.32. The number of piperazine rings is 1. The van der Waals surface area contributed by atoms with Crippen LogP contribution in [0.4, 0.5) is 4.39 Å². The number of benzene rings is 1. The summed E-state index contributed by atoms with van der Waals surface area (Å²) in [6, 6.07) is 3.64. The largest absolute Gasteiger partial charge is 0.507 e. The quantitative estimate of drug-likeness (QED) is 0.799. The maximum absolute atomic E-state index is 13.2. The van der Waals surface area contributed by atoms with Crippen LogP contribution in [0.25, 0.3) is 6.08 Å². The monoisotopic (exact) mass is 321 g/mol. The lowest BCUT2D eigenvalue weighted by molar-refractivity contribution is -0.113. The lowest BCUT2D eigenvalue weighted by Gasteiger charge is -2.32. The Bertz CT molecular complexity index is 667. The lowest BCUT2D eigenvalue weighted by atomic mass is 10.2.